The monoisotopic (exact) mass is 395 g/mol. The van der Waals surface area contributed by atoms with Gasteiger partial charge in [0.25, 0.3) is 12.2 Å². The topological polar surface area (TPSA) is 68.7 Å². The van der Waals surface area contributed by atoms with Crippen molar-refractivity contribution in [2.24, 2.45) is 7.05 Å². The minimum absolute atomic E-state index is 0.506. The molecule has 0 aliphatic heterocycles. The molecule has 0 aliphatic carbocycles. The fourth-order valence-electron chi connectivity index (χ4n) is 3.23. The van der Waals surface area contributed by atoms with Crippen LogP contribution in [0.5, 0.6) is 11.6 Å². The molecule has 0 bridgehead atoms. The minimum Gasteiger partial charge on any atom is -0.436 e. The van der Waals surface area contributed by atoms with Gasteiger partial charge < -0.3 is 14.6 Å². The molecular weight excluding hydrogens is 376 g/mol. The highest BCUT2D eigenvalue weighted by atomic mass is 16.5. The fraction of sp³-hybridized carbons (Fsp3) is 0.0435. The zero-order valence-corrected chi connectivity index (χ0v) is 16.3. The number of aromatic nitrogens is 5. The van der Waals surface area contributed by atoms with Crippen molar-refractivity contribution in [3.05, 3.63) is 91.6 Å². The van der Waals surface area contributed by atoms with E-state index in [-0.39, 0.29) is 0 Å². The molecule has 0 fully saturated rings. The first kappa shape index (κ1) is 17.8. The van der Waals surface area contributed by atoms with Gasteiger partial charge in [0.1, 0.15) is 18.1 Å². The van der Waals surface area contributed by atoms with Gasteiger partial charge >= 0.3 is 0 Å². The van der Waals surface area contributed by atoms with E-state index in [1.54, 1.807) is 18.7 Å². The SMILES string of the molecule is Cn1c(Nc2ccc(Oc3ncccc3-[n+]3cccnc3)cc2)nc2ccccc21. The Morgan fingerprint density at radius 3 is 2.60 bits per heavy atom. The summed E-state index contributed by atoms with van der Waals surface area (Å²) in [5.41, 5.74) is 3.77. The number of ether oxygens (including phenoxy) is 1. The van der Waals surface area contributed by atoms with Crippen LogP contribution in [0.1, 0.15) is 0 Å². The molecule has 0 aliphatic rings. The lowest BCUT2D eigenvalue weighted by molar-refractivity contribution is -0.599. The van der Waals surface area contributed by atoms with Crippen molar-refractivity contribution in [3.8, 4) is 17.3 Å². The molecule has 1 N–H and O–H groups in total. The van der Waals surface area contributed by atoms with E-state index in [0.29, 0.717) is 11.6 Å². The van der Waals surface area contributed by atoms with Crippen LogP contribution in [0.15, 0.2) is 91.6 Å². The van der Waals surface area contributed by atoms with Crippen LogP contribution in [0, 0.1) is 0 Å². The number of imidazole rings is 1. The largest absolute Gasteiger partial charge is 0.436 e. The van der Waals surface area contributed by atoms with Gasteiger partial charge in [0.15, 0.2) is 5.69 Å². The highest BCUT2D eigenvalue weighted by Crippen LogP contribution is 2.26. The molecule has 0 spiro atoms. The van der Waals surface area contributed by atoms with Crippen LogP contribution < -0.4 is 14.6 Å². The van der Waals surface area contributed by atoms with E-state index >= 15 is 0 Å². The number of rotatable bonds is 5. The van der Waals surface area contributed by atoms with Crippen molar-refractivity contribution < 1.29 is 9.30 Å². The van der Waals surface area contributed by atoms with Gasteiger partial charge in [0.2, 0.25) is 5.95 Å². The maximum Gasteiger partial charge on any atom is 0.291 e. The summed E-state index contributed by atoms with van der Waals surface area (Å²) in [7, 11) is 1.99. The summed E-state index contributed by atoms with van der Waals surface area (Å²) in [5, 5.41) is 3.36. The Bertz CT molecular complexity index is 1300. The lowest BCUT2D eigenvalue weighted by Gasteiger charge is -2.09. The molecule has 0 saturated carbocycles. The number of pyridine rings is 1. The molecule has 7 nitrogen and oxygen atoms in total. The van der Waals surface area contributed by atoms with Crippen LogP contribution in [-0.2, 0) is 7.05 Å². The molecule has 0 saturated heterocycles. The van der Waals surface area contributed by atoms with Crippen LogP contribution in [0.25, 0.3) is 16.7 Å². The quantitative estimate of drug-likeness (QED) is 0.452. The summed E-state index contributed by atoms with van der Waals surface area (Å²) in [5.74, 6) is 1.98. The Balaban J connectivity index is 1.37. The predicted octanol–water partition coefficient (Wildman–Crippen LogP) is 4.18. The zero-order valence-electron chi connectivity index (χ0n) is 16.3. The molecule has 0 unspecified atom stereocenters. The van der Waals surface area contributed by atoms with E-state index < -0.39 is 0 Å². The maximum atomic E-state index is 6.03. The summed E-state index contributed by atoms with van der Waals surface area (Å²) >= 11 is 0. The van der Waals surface area contributed by atoms with Gasteiger partial charge in [-0.1, -0.05) is 17.1 Å². The third kappa shape index (κ3) is 3.44. The smallest absolute Gasteiger partial charge is 0.291 e. The Morgan fingerprint density at radius 1 is 0.933 bits per heavy atom. The lowest BCUT2D eigenvalue weighted by atomic mass is 10.3. The van der Waals surface area contributed by atoms with E-state index in [2.05, 4.69) is 26.3 Å². The van der Waals surface area contributed by atoms with Gasteiger partial charge in [-0.25, -0.2) is 9.97 Å². The highest BCUT2D eigenvalue weighted by molar-refractivity contribution is 5.79. The summed E-state index contributed by atoms with van der Waals surface area (Å²) in [6.45, 7) is 0. The van der Waals surface area contributed by atoms with Gasteiger partial charge in [-0.3, -0.25) is 0 Å². The van der Waals surface area contributed by atoms with Gasteiger partial charge in [-0.2, -0.15) is 4.57 Å². The molecule has 0 radical (unpaired) electrons. The van der Waals surface area contributed by atoms with Crippen molar-refractivity contribution in [1.82, 2.24) is 19.5 Å². The van der Waals surface area contributed by atoms with Crippen LogP contribution in [0.4, 0.5) is 11.6 Å². The van der Waals surface area contributed by atoms with E-state index in [1.165, 1.54) is 0 Å². The van der Waals surface area contributed by atoms with Gasteiger partial charge in [0.05, 0.1) is 11.0 Å². The standard InChI is InChI=1S/C23H19N6O/c1-28-20-7-3-2-6-19(20)27-23(28)26-17-9-11-18(12-10-17)30-22-21(8-4-14-25-22)29-15-5-13-24-16-29/h2-16H,1H3,(H,26,27)/q+1. The number of nitrogens with zero attached hydrogens (tertiary/aromatic N) is 5. The third-order valence-electron chi connectivity index (χ3n) is 4.75. The molecule has 0 amide bonds. The highest BCUT2D eigenvalue weighted by Gasteiger charge is 2.12. The molecule has 3 aromatic heterocycles. The first-order chi connectivity index (χ1) is 14.8. The number of hydrogen-bond donors (Lipinski definition) is 1. The maximum absolute atomic E-state index is 6.03. The van der Waals surface area contributed by atoms with Crippen molar-refractivity contribution in [3.63, 3.8) is 0 Å². The Kier molecular flexibility index (Phi) is 4.53. The average molecular weight is 395 g/mol. The Labute approximate surface area is 173 Å². The van der Waals surface area contributed by atoms with E-state index in [4.69, 9.17) is 4.74 Å². The van der Waals surface area contributed by atoms with E-state index in [0.717, 1.165) is 28.4 Å². The van der Waals surface area contributed by atoms with Crippen LogP contribution in [0.3, 0.4) is 0 Å². The van der Waals surface area contributed by atoms with Crippen LogP contribution >= 0.6 is 0 Å². The molecule has 7 heteroatoms. The number of aryl methyl sites for hydroxylation is 1. The van der Waals surface area contributed by atoms with Crippen LogP contribution in [0.2, 0.25) is 0 Å². The zero-order chi connectivity index (χ0) is 20.3. The molecule has 3 heterocycles. The van der Waals surface area contributed by atoms with E-state index in [1.807, 2.05) is 83.0 Å². The molecular formula is C23H19N6O+. The average Bonchev–Trinajstić information content (AvgIpc) is 3.11. The second-order valence-electron chi connectivity index (χ2n) is 6.72. The minimum atomic E-state index is 0.506. The van der Waals surface area contributed by atoms with Crippen LogP contribution in [-0.4, -0.2) is 19.5 Å². The van der Waals surface area contributed by atoms with Gasteiger partial charge in [-0.15, -0.1) is 0 Å². The first-order valence-corrected chi connectivity index (χ1v) is 9.51. The molecule has 0 atom stereocenters. The van der Waals surface area contributed by atoms with Crippen molar-refractivity contribution in [1.29, 1.82) is 0 Å². The van der Waals surface area contributed by atoms with Gasteiger partial charge in [-0.05, 0) is 48.5 Å². The summed E-state index contributed by atoms with van der Waals surface area (Å²) < 4.78 is 9.93. The fourth-order valence-corrected chi connectivity index (χ4v) is 3.23. The normalized spacial score (nSPS) is 10.8. The Hall–Kier alpha value is -4.26. The number of nitrogens with one attached hydrogen (secondary N) is 1. The lowest BCUT2D eigenvalue weighted by Crippen LogP contribution is -2.30. The second-order valence-corrected chi connectivity index (χ2v) is 6.72. The van der Waals surface area contributed by atoms with Crippen molar-refractivity contribution in [2.45, 2.75) is 0 Å². The summed E-state index contributed by atoms with van der Waals surface area (Å²) in [6, 6.07) is 21.4. The first-order valence-electron chi connectivity index (χ1n) is 9.51. The third-order valence-corrected chi connectivity index (χ3v) is 4.75. The molecule has 30 heavy (non-hydrogen) atoms. The Morgan fingerprint density at radius 2 is 1.80 bits per heavy atom. The number of benzene rings is 2. The predicted molar refractivity (Wildman–Crippen MR) is 114 cm³/mol. The number of para-hydroxylation sites is 2. The molecule has 2 aromatic carbocycles. The summed E-state index contributed by atoms with van der Waals surface area (Å²) in [4.78, 5) is 13.2. The van der Waals surface area contributed by atoms with Crippen molar-refractivity contribution >= 4 is 22.7 Å². The molecule has 5 rings (SSSR count). The van der Waals surface area contributed by atoms with E-state index in [9.17, 15) is 0 Å². The second kappa shape index (κ2) is 7.63. The molecule has 5 aromatic rings. The van der Waals surface area contributed by atoms with Gasteiger partial charge in [0, 0.05) is 25.0 Å². The number of fused-ring (bicyclic) bond motifs is 1. The molecule has 146 valence electrons. The number of hydrogen-bond acceptors (Lipinski definition) is 5. The summed E-state index contributed by atoms with van der Waals surface area (Å²) in [6.07, 6.45) is 7.05. The number of anilines is 2. The van der Waals surface area contributed by atoms with Crippen molar-refractivity contribution in [2.75, 3.05) is 5.32 Å².